The summed E-state index contributed by atoms with van der Waals surface area (Å²) in [5.74, 6) is -2.23. The van der Waals surface area contributed by atoms with E-state index in [2.05, 4.69) is 0 Å². The summed E-state index contributed by atoms with van der Waals surface area (Å²) < 4.78 is 369. The Morgan fingerprint density at radius 1 is 0.295 bits per heavy atom. The maximum absolute atomic E-state index is 14.7. The summed E-state index contributed by atoms with van der Waals surface area (Å²) in [5, 5.41) is -7.37. The van der Waals surface area contributed by atoms with Gasteiger partial charge in [-0.25, -0.2) is 0 Å². The third-order valence-corrected chi connectivity index (χ3v) is 16.1. The van der Waals surface area contributed by atoms with Crippen LogP contribution >= 0.6 is 15.8 Å². The normalized spacial score (nSPS) is 13.4. The molecule has 0 radical (unpaired) electrons. The van der Waals surface area contributed by atoms with E-state index in [9.17, 15) is 105 Å². The molecular weight excluding hydrogens is 1150 g/mol. The first-order valence-corrected chi connectivity index (χ1v) is 23.9. The minimum Gasteiger partial charge on any atom is -0.497 e. The molecule has 0 fully saturated rings. The highest BCUT2D eigenvalue weighted by molar-refractivity contribution is 7.80. The summed E-state index contributed by atoms with van der Waals surface area (Å²) in [5.41, 5.74) is -19.6. The number of hydrogen-bond donors (Lipinski definition) is 0. The molecule has 78 heavy (non-hydrogen) atoms. The molecule has 29 heteroatoms. The third-order valence-electron chi connectivity index (χ3n) is 11.3. The van der Waals surface area contributed by atoms with Gasteiger partial charge in [0.15, 0.2) is 0 Å². The molecule has 0 spiro atoms. The molecule has 422 valence electrons. The van der Waals surface area contributed by atoms with Crippen LogP contribution < -0.4 is 46.0 Å². The number of methoxy groups -OCH3 is 3. The minimum atomic E-state index is -5.79. The second-order valence-electron chi connectivity index (χ2n) is 16.5. The highest BCUT2D eigenvalue weighted by Gasteiger charge is 2.45. The van der Waals surface area contributed by atoms with E-state index in [1.807, 2.05) is 0 Å². The Bertz CT molecular complexity index is 2700. The van der Waals surface area contributed by atoms with Gasteiger partial charge in [-0.2, -0.15) is 105 Å². The molecular formula is C49H30F24O3P2. The second kappa shape index (κ2) is 21.2. The van der Waals surface area contributed by atoms with Crippen molar-refractivity contribution in [2.24, 2.45) is 0 Å². The fourth-order valence-corrected chi connectivity index (χ4v) is 13.2. The van der Waals surface area contributed by atoms with Crippen LogP contribution in [0.4, 0.5) is 105 Å². The molecule has 6 aromatic rings. The quantitative estimate of drug-likeness (QED) is 0.0956. The van der Waals surface area contributed by atoms with Gasteiger partial charge in [0.25, 0.3) is 0 Å². The molecule has 0 heterocycles. The van der Waals surface area contributed by atoms with Crippen molar-refractivity contribution in [3.05, 3.63) is 147 Å². The number of rotatable bonds is 11. The van der Waals surface area contributed by atoms with Crippen molar-refractivity contribution in [3.63, 3.8) is 0 Å². The van der Waals surface area contributed by atoms with Crippen molar-refractivity contribution < 1.29 is 120 Å². The molecule has 0 aliphatic heterocycles. The largest absolute Gasteiger partial charge is 0.497 e. The number of alkyl halides is 24. The van der Waals surface area contributed by atoms with Gasteiger partial charge in [-0.05, 0) is 145 Å². The van der Waals surface area contributed by atoms with Gasteiger partial charge in [0.05, 0.1) is 65.8 Å². The molecule has 0 amide bonds. The average Bonchev–Trinajstić information content (AvgIpc) is 3.32. The SMILES string of the molecule is CCc1cc(OC)c(-c2c(OC)cc(OC)cc2P(c2cc(C(F)(F)F)cc(C(F)(F)F)c2)c2cc(C(F)(F)F)cc(C(F)(F)F)c2)c(P(c2cc(C(F)(F)F)cc(C(F)(F)F)c2)c2cc(C(F)(F)F)cc(C(F)(F)F)c2)c1. The zero-order chi connectivity index (χ0) is 58.8. The van der Waals surface area contributed by atoms with Crippen LogP contribution in [-0.2, 0) is 55.8 Å². The Balaban J connectivity index is 2.00. The van der Waals surface area contributed by atoms with Crippen LogP contribution in [-0.4, -0.2) is 21.3 Å². The maximum atomic E-state index is 14.7. The lowest BCUT2D eigenvalue weighted by atomic mass is 10.00. The Morgan fingerprint density at radius 3 is 0.731 bits per heavy atom. The summed E-state index contributed by atoms with van der Waals surface area (Å²) in [6, 6.07) is 0.776. The summed E-state index contributed by atoms with van der Waals surface area (Å²) in [4.78, 5) is 0. The molecule has 0 saturated carbocycles. The molecule has 0 unspecified atom stereocenters. The fraction of sp³-hybridized carbons (Fsp3) is 0.265. The van der Waals surface area contributed by atoms with Crippen LogP contribution in [0, 0.1) is 0 Å². The van der Waals surface area contributed by atoms with E-state index in [0.29, 0.717) is 6.07 Å². The van der Waals surface area contributed by atoms with E-state index < -0.39 is 194 Å². The summed E-state index contributed by atoms with van der Waals surface area (Å²) in [6.45, 7) is 1.31. The molecule has 0 aromatic heterocycles. The zero-order valence-corrected chi connectivity index (χ0v) is 40.9. The topological polar surface area (TPSA) is 27.7 Å². The molecule has 0 bridgehead atoms. The fourth-order valence-electron chi connectivity index (χ4n) is 7.86. The molecule has 6 rings (SSSR count). The smallest absolute Gasteiger partial charge is 0.416 e. The van der Waals surface area contributed by atoms with Gasteiger partial charge in [-0.1, -0.05) is 6.92 Å². The lowest BCUT2D eigenvalue weighted by Crippen LogP contribution is -2.30. The number of hydrogen-bond acceptors (Lipinski definition) is 3. The van der Waals surface area contributed by atoms with E-state index in [4.69, 9.17) is 14.2 Å². The van der Waals surface area contributed by atoms with E-state index in [0.717, 1.165) is 39.5 Å². The van der Waals surface area contributed by atoms with Gasteiger partial charge in [0, 0.05) is 22.5 Å². The van der Waals surface area contributed by atoms with Crippen LogP contribution in [0.5, 0.6) is 17.2 Å². The lowest BCUT2D eigenvalue weighted by Gasteiger charge is -2.31. The highest BCUT2D eigenvalue weighted by atomic mass is 31.1. The lowest BCUT2D eigenvalue weighted by molar-refractivity contribution is -0.144. The first-order chi connectivity index (χ1) is 35.5. The highest BCUT2D eigenvalue weighted by Crippen LogP contribution is 2.52. The molecule has 0 saturated heterocycles. The van der Waals surface area contributed by atoms with Gasteiger partial charge in [-0.15, -0.1) is 0 Å². The van der Waals surface area contributed by atoms with Crippen molar-refractivity contribution >= 4 is 47.7 Å². The molecule has 0 aliphatic carbocycles. The van der Waals surface area contributed by atoms with Crippen molar-refractivity contribution in [2.75, 3.05) is 21.3 Å². The first kappa shape index (κ1) is 61.1. The summed E-state index contributed by atoms with van der Waals surface area (Å²) in [6.07, 6.45) is -46.6. The van der Waals surface area contributed by atoms with E-state index in [-0.39, 0.29) is 60.5 Å². The van der Waals surface area contributed by atoms with E-state index in [1.54, 1.807) is 0 Å². The second-order valence-corrected chi connectivity index (χ2v) is 20.9. The molecule has 0 atom stereocenters. The monoisotopic (exact) mass is 1180 g/mol. The maximum Gasteiger partial charge on any atom is 0.416 e. The number of aryl methyl sites for hydroxylation is 1. The summed E-state index contributed by atoms with van der Waals surface area (Å²) in [7, 11) is -5.50. The van der Waals surface area contributed by atoms with Crippen LogP contribution in [0.2, 0.25) is 0 Å². The molecule has 6 aromatic carbocycles. The van der Waals surface area contributed by atoms with Gasteiger partial charge >= 0.3 is 49.4 Å². The third kappa shape index (κ3) is 13.3. The van der Waals surface area contributed by atoms with Crippen LogP contribution in [0.3, 0.4) is 0 Å². The molecule has 0 aliphatic rings. The molecule has 3 nitrogen and oxygen atoms in total. The standard InChI is InChI=1S/C49H30F24O3P2/c1-5-22-6-36(75-3)40(38(7-22)77(32-12-23(42(50,51)52)8-24(13-32)43(53,54)55)33-14-25(44(56,57)58)9-26(15-33)45(59,60)61)41-37(76-4)20-31(74-2)21-39(41)78(34-16-27(46(62,63)64)10-28(17-34)47(65,66)67)35-18-29(48(68,69)70)11-30(19-35)49(71,72)73/h6-21H,5H2,1-4H3. The van der Waals surface area contributed by atoms with Crippen LogP contribution in [0.15, 0.2) is 97.1 Å². The van der Waals surface area contributed by atoms with Crippen molar-refractivity contribution in [3.8, 4) is 28.4 Å². The van der Waals surface area contributed by atoms with Crippen molar-refractivity contribution in [1.82, 2.24) is 0 Å². The van der Waals surface area contributed by atoms with Gasteiger partial charge in [-0.3, -0.25) is 0 Å². The Labute approximate surface area is 426 Å². The van der Waals surface area contributed by atoms with Gasteiger partial charge in [0.1, 0.15) is 17.2 Å². The van der Waals surface area contributed by atoms with Gasteiger partial charge in [0.2, 0.25) is 0 Å². The number of ether oxygens (including phenoxy) is 3. The number of benzene rings is 6. The van der Waals surface area contributed by atoms with Crippen molar-refractivity contribution in [1.29, 1.82) is 0 Å². The predicted molar refractivity (Wildman–Crippen MR) is 238 cm³/mol. The zero-order valence-electron chi connectivity index (χ0n) is 39.1. The van der Waals surface area contributed by atoms with E-state index >= 15 is 0 Å². The number of halogens is 24. The minimum absolute atomic E-state index is 0.0645. The average molecular weight is 1180 g/mol. The van der Waals surface area contributed by atoms with Crippen LogP contribution in [0.25, 0.3) is 11.1 Å². The Morgan fingerprint density at radius 2 is 0.526 bits per heavy atom. The Hall–Kier alpha value is -6.10. The van der Waals surface area contributed by atoms with Gasteiger partial charge < -0.3 is 14.2 Å². The summed E-state index contributed by atoms with van der Waals surface area (Å²) >= 11 is 0. The molecule has 0 N–H and O–H groups in total. The first-order valence-electron chi connectivity index (χ1n) is 21.3. The van der Waals surface area contributed by atoms with Crippen molar-refractivity contribution in [2.45, 2.75) is 62.8 Å². The van der Waals surface area contributed by atoms with Crippen LogP contribution in [0.1, 0.15) is 57.0 Å². The van der Waals surface area contributed by atoms with E-state index in [1.165, 1.54) is 6.92 Å². The predicted octanol–water partition coefficient (Wildman–Crippen LogP) is 15.6. The Kier molecular flexibility index (Phi) is 16.6.